The molecule has 1 fully saturated rings. The molecule has 2 N–H and O–H groups in total. The molecule has 2 unspecified atom stereocenters. The minimum absolute atomic E-state index is 0.324. The van der Waals surface area contributed by atoms with Crippen LogP contribution in [0.4, 0.5) is 0 Å². The van der Waals surface area contributed by atoms with Crippen molar-refractivity contribution in [1.82, 2.24) is 20.5 Å². The van der Waals surface area contributed by atoms with E-state index in [0.717, 1.165) is 23.1 Å². The molecule has 0 saturated carbocycles. The molecule has 1 aliphatic rings. The van der Waals surface area contributed by atoms with Crippen molar-refractivity contribution in [3.8, 4) is 10.7 Å². The van der Waals surface area contributed by atoms with Crippen molar-refractivity contribution < 1.29 is 0 Å². The lowest BCUT2D eigenvalue weighted by atomic mass is 9.92. The summed E-state index contributed by atoms with van der Waals surface area (Å²) < 4.78 is 0. The van der Waals surface area contributed by atoms with E-state index in [-0.39, 0.29) is 0 Å². The largest absolute Gasteiger partial charge is 0.307 e. The van der Waals surface area contributed by atoms with Crippen molar-refractivity contribution >= 4 is 11.3 Å². The van der Waals surface area contributed by atoms with E-state index in [2.05, 4.69) is 33.5 Å². The maximum absolute atomic E-state index is 4.61. The fourth-order valence-corrected chi connectivity index (χ4v) is 3.00. The van der Waals surface area contributed by atoms with Crippen molar-refractivity contribution in [1.29, 1.82) is 0 Å². The molecule has 3 heterocycles. The third-order valence-electron chi connectivity index (χ3n) is 3.31. The standard InChI is InChI=1S/C12H16N4S/c1-8-4-2-6-13-10(8)12-14-11(15-16-12)9-5-3-7-17-9/h3,5,7-8,10,13H,2,4,6H2,1H3,(H,14,15,16). The van der Waals surface area contributed by atoms with Gasteiger partial charge in [0, 0.05) is 0 Å². The number of aromatic amines is 1. The van der Waals surface area contributed by atoms with Gasteiger partial charge in [-0.1, -0.05) is 13.0 Å². The van der Waals surface area contributed by atoms with Gasteiger partial charge < -0.3 is 5.32 Å². The Morgan fingerprint density at radius 3 is 3.18 bits per heavy atom. The monoisotopic (exact) mass is 248 g/mol. The van der Waals surface area contributed by atoms with Gasteiger partial charge in [0.15, 0.2) is 5.82 Å². The molecule has 2 aromatic rings. The Morgan fingerprint density at radius 1 is 1.47 bits per heavy atom. The van der Waals surface area contributed by atoms with Gasteiger partial charge in [0.25, 0.3) is 0 Å². The zero-order valence-electron chi connectivity index (χ0n) is 9.81. The number of nitrogens with zero attached hydrogens (tertiary/aromatic N) is 2. The number of piperidine rings is 1. The quantitative estimate of drug-likeness (QED) is 0.859. The average molecular weight is 248 g/mol. The van der Waals surface area contributed by atoms with Crippen molar-refractivity contribution in [2.45, 2.75) is 25.8 Å². The van der Waals surface area contributed by atoms with E-state index >= 15 is 0 Å². The van der Waals surface area contributed by atoms with Crippen LogP contribution in [0.25, 0.3) is 10.7 Å². The molecule has 5 heteroatoms. The van der Waals surface area contributed by atoms with E-state index in [1.807, 2.05) is 11.4 Å². The fraction of sp³-hybridized carbons (Fsp3) is 0.500. The molecule has 0 aromatic carbocycles. The molecule has 1 aliphatic heterocycles. The van der Waals surface area contributed by atoms with Gasteiger partial charge >= 0.3 is 0 Å². The van der Waals surface area contributed by atoms with Crippen LogP contribution in [0, 0.1) is 5.92 Å². The zero-order valence-corrected chi connectivity index (χ0v) is 10.6. The second-order valence-corrected chi connectivity index (χ2v) is 5.52. The SMILES string of the molecule is CC1CCCNC1c1nc(-c2cccs2)n[nH]1. The summed E-state index contributed by atoms with van der Waals surface area (Å²) in [4.78, 5) is 5.73. The fourth-order valence-electron chi connectivity index (χ4n) is 2.35. The molecule has 0 bridgehead atoms. The molecule has 90 valence electrons. The van der Waals surface area contributed by atoms with Crippen LogP contribution < -0.4 is 5.32 Å². The lowest BCUT2D eigenvalue weighted by Gasteiger charge is -2.27. The van der Waals surface area contributed by atoms with E-state index in [1.165, 1.54) is 12.8 Å². The van der Waals surface area contributed by atoms with Crippen molar-refractivity contribution in [2.24, 2.45) is 5.92 Å². The molecular weight excluding hydrogens is 232 g/mol. The summed E-state index contributed by atoms with van der Waals surface area (Å²) in [5.74, 6) is 2.41. The molecule has 4 nitrogen and oxygen atoms in total. The highest BCUT2D eigenvalue weighted by molar-refractivity contribution is 7.13. The number of thiophene rings is 1. The summed E-state index contributed by atoms with van der Waals surface area (Å²) in [5.41, 5.74) is 0. The van der Waals surface area contributed by atoms with E-state index in [0.29, 0.717) is 12.0 Å². The number of hydrogen-bond acceptors (Lipinski definition) is 4. The molecule has 17 heavy (non-hydrogen) atoms. The van der Waals surface area contributed by atoms with Crippen LogP contribution in [0.2, 0.25) is 0 Å². The minimum Gasteiger partial charge on any atom is -0.307 e. The predicted molar refractivity (Wildman–Crippen MR) is 68.8 cm³/mol. The van der Waals surface area contributed by atoms with Crippen LogP contribution in [0.15, 0.2) is 17.5 Å². The summed E-state index contributed by atoms with van der Waals surface area (Å²) in [7, 11) is 0. The normalized spacial score (nSPS) is 25.0. The maximum atomic E-state index is 4.61. The Hall–Kier alpha value is -1.20. The van der Waals surface area contributed by atoms with Crippen molar-refractivity contribution in [3.05, 3.63) is 23.3 Å². The molecule has 2 atom stereocenters. The Bertz CT molecular complexity index is 476. The molecular formula is C12H16N4S. The second kappa shape index (κ2) is 4.58. The zero-order chi connectivity index (χ0) is 11.7. The first-order valence-electron chi connectivity index (χ1n) is 6.04. The number of aromatic nitrogens is 3. The van der Waals surface area contributed by atoms with Gasteiger partial charge in [-0.15, -0.1) is 11.3 Å². The summed E-state index contributed by atoms with van der Waals surface area (Å²) in [6.45, 7) is 3.34. The molecule has 1 saturated heterocycles. The maximum Gasteiger partial charge on any atom is 0.191 e. The van der Waals surface area contributed by atoms with E-state index in [4.69, 9.17) is 0 Å². The van der Waals surface area contributed by atoms with Crippen LogP contribution in [0.5, 0.6) is 0 Å². The summed E-state index contributed by atoms with van der Waals surface area (Å²) in [5, 5.41) is 12.9. The Balaban J connectivity index is 1.84. The lowest BCUT2D eigenvalue weighted by molar-refractivity contribution is 0.295. The smallest absolute Gasteiger partial charge is 0.191 e. The van der Waals surface area contributed by atoms with Gasteiger partial charge in [-0.2, -0.15) is 5.10 Å². The average Bonchev–Trinajstić information content (AvgIpc) is 3.00. The highest BCUT2D eigenvalue weighted by Crippen LogP contribution is 2.28. The van der Waals surface area contributed by atoms with Gasteiger partial charge in [-0.25, -0.2) is 4.98 Å². The van der Waals surface area contributed by atoms with Gasteiger partial charge in [-0.3, -0.25) is 5.10 Å². The molecule has 3 rings (SSSR count). The molecule has 0 spiro atoms. The summed E-state index contributed by atoms with van der Waals surface area (Å²) >= 11 is 1.67. The van der Waals surface area contributed by atoms with Gasteiger partial charge in [0.2, 0.25) is 0 Å². The van der Waals surface area contributed by atoms with E-state index < -0.39 is 0 Å². The minimum atomic E-state index is 0.324. The Kier molecular flexibility index (Phi) is 2.94. The topological polar surface area (TPSA) is 53.6 Å². The van der Waals surface area contributed by atoms with Gasteiger partial charge in [0.05, 0.1) is 10.9 Å². The lowest BCUT2D eigenvalue weighted by Crippen LogP contribution is -2.33. The first-order valence-corrected chi connectivity index (χ1v) is 6.92. The first kappa shape index (κ1) is 10.9. The van der Waals surface area contributed by atoms with Crippen LogP contribution in [-0.2, 0) is 0 Å². The summed E-state index contributed by atoms with van der Waals surface area (Å²) in [6.07, 6.45) is 2.51. The van der Waals surface area contributed by atoms with Crippen LogP contribution in [-0.4, -0.2) is 21.7 Å². The third-order valence-corrected chi connectivity index (χ3v) is 4.17. The van der Waals surface area contributed by atoms with Crippen LogP contribution >= 0.6 is 11.3 Å². The van der Waals surface area contributed by atoms with Crippen LogP contribution in [0.3, 0.4) is 0 Å². The third kappa shape index (κ3) is 2.12. The molecule has 0 radical (unpaired) electrons. The Morgan fingerprint density at radius 2 is 2.41 bits per heavy atom. The van der Waals surface area contributed by atoms with E-state index in [1.54, 1.807) is 11.3 Å². The number of H-pyrrole nitrogens is 1. The Labute approximate surface area is 104 Å². The van der Waals surface area contributed by atoms with Crippen LogP contribution in [0.1, 0.15) is 31.6 Å². The van der Waals surface area contributed by atoms with Crippen molar-refractivity contribution in [2.75, 3.05) is 6.54 Å². The van der Waals surface area contributed by atoms with Gasteiger partial charge in [0.1, 0.15) is 5.82 Å². The predicted octanol–water partition coefficient (Wildman–Crippen LogP) is 2.59. The highest BCUT2D eigenvalue weighted by atomic mass is 32.1. The van der Waals surface area contributed by atoms with E-state index in [9.17, 15) is 0 Å². The highest BCUT2D eigenvalue weighted by Gasteiger charge is 2.25. The molecule has 2 aromatic heterocycles. The summed E-state index contributed by atoms with van der Waals surface area (Å²) in [6, 6.07) is 4.40. The number of nitrogens with one attached hydrogen (secondary N) is 2. The van der Waals surface area contributed by atoms with Crippen molar-refractivity contribution in [3.63, 3.8) is 0 Å². The second-order valence-electron chi connectivity index (χ2n) is 4.57. The first-order chi connectivity index (χ1) is 8.34. The molecule has 0 amide bonds. The van der Waals surface area contributed by atoms with Gasteiger partial charge in [-0.05, 0) is 36.8 Å². The number of hydrogen-bond donors (Lipinski definition) is 2. The number of rotatable bonds is 2. The molecule has 0 aliphatic carbocycles.